The van der Waals surface area contributed by atoms with Gasteiger partial charge >= 0.3 is 0 Å². The summed E-state index contributed by atoms with van der Waals surface area (Å²) in [5, 5.41) is 14.0. The van der Waals surface area contributed by atoms with Crippen LogP contribution in [-0.2, 0) is 18.4 Å². The Bertz CT molecular complexity index is 605. The molecule has 1 aromatic heterocycles. The molecule has 1 atom stereocenters. The number of hydrogen-bond donors (Lipinski definition) is 1. The van der Waals surface area contributed by atoms with E-state index in [9.17, 15) is 5.11 Å². The van der Waals surface area contributed by atoms with Crippen molar-refractivity contribution in [1.82, 2.24) is 0 Å². The number of aliphatic hydroxyl groups is 1. The fourth-order valence-corrected chi connectivity index (χ4v) is 3.98. The Morgan fingerprint density at radius 1 is 1.37 bits per heavy atom. The summed E-state index contributed by atoms with van der Waals surface area (Å²) in [6.07, 6.45) is 3.84. The molecule has 0 fully saturated rings. The summed E-state index contributed by atoms with van der Waals surface area (Å²) < 4.78 is 0. The number of fused-ring (bicyclic) bond motifs is 1. The van der Waals surface area contributed by atoms with E-state index < -0.39 is 5.60 Å². The highest BCUT2D eigenvalue weighted by molar-refractivity contribution is 7.10. The second kappa shape index (κ2) is 4.93. The first kappa shape index (κ1) is 13.2. The molecule has 0 saturated carbocycles. The SMILES string of the molecule is CCc1cc(C2(O)CCCc3ccc(Cl)cc32)cs1. The smallest absolute Gasteiger partial charge is 0.116 e. The van der Waals surface area contributed by atoms with Gasteiger partial charge < -0.3 is 5.11 Å². The predicted molar refractivity (Wildman–Crippen MR) is 81.1 cm³/mol. The second-order valence-corrected chi connectivity index (χ2v) is 6.60. The van der Waals surface area contributed by atoms with Gasteiger partial charge in [0.2, 0.25) is 0 Å². The number of rotatable bonds is 2. The van der Waals surface area contributed by atoms with Crippen LogP contribution in [0.3, 0.4) is 0 Å². The van der Waals surface area contributed by atoms with Gasteiger partial charge in [-0.25, -0.2) is 0 Å². The molecule has 2 aromatic rings. The van der Waals surface area contributed by atoms with Crippen LogP contribution < -0.4 is 0 Å². The molecule has 1 nitrogen and oxygen atoms in total. The van der Waals surface area contributed by atoms with Gasteiger partial charge in [-0.1, -0.05) is 24.6 Å². The molecular formula is C16H17ClOS. The first-order valence-electron chi connectivity index (χ1n) is 6.72. The van der Waals surface area contributed by atoms with Crippen LogP contribution >= 0.6 is 22.9 Å². The van der Waals surface area contributed by atoms with Crippen LogP contribution in [0.4, 0.5) is 0 Å². The Balaban J connectivity index is 2.12. The summed E-state index contributed by atoms with van der Waals surface area (Å²) in [6, 6.07) is 8.03. The molecule has 3 heteroatoms. The lowest BCUT2D eigenvalue weighted by Gasteiger charge is -2.34. The third-order valence-corrected chi connectivity index (χ3v) is 5.30. The Morgan fingerprint density at radius 3 is 2.95 bits per heavy atom. The van der Waals surface area contributed by atoms with Crippen LogP contribution in [0.15, 0.2) is 29.6 Å². The minimum absolute atomic E-state index is 0.699. The molecule has 0 radical (unpaired) electrons. The summed E-state index contributed by atoms with van der Waals surface area (Å²) in [6.45, 7) is 2.14. The van der Waals surface area contributed by atoms with Gasteiger partial charge in [0.25, 0.3) is 0 Å². The average molecular weight is 293 g/mol. The molecule has 0 amide bonds. The van der Waals surface area contributed by atoms with Crippen molar-refractivity contribution in [2.24, 2.45) is 0 Å². The minimum atomic E-state index is -0.859. The third kappa shape index (κ3) is 2.22. The van der Waals surface area contributed by atoms with Crippen molar-refractivity contribution in [3.05, 3.63) is 56.2 Å². The molecule has 1 heterocycles. The molecule has 1 N–H and O–H groups in total. The highest BCUT2D eigenvalue weighted by Crippen LogP contribution is 2.42. The molecule has 0 bridgehead atoms. The lowest BCUT2D eigenvalue weighted by molar-refractivity contribution is 0.0620. The fourth-order valence-electron chi connectivity index (χ4n) is 2.90. The van der Waals surface area contributed by atoms with Crippen molar-refractivity contribution in [2.45, 2.75) is 38.2 Å². The van der Waals surface area contributed by atoms with Crippen LogP contribution in [0.1, 0.15) is 41.3 Å². The predicted octanol–water partition coefficient (Wildman–Crippen LogP) is 4.54. The van der Waals surface area contributed by atoms with E-state index in [-0.39, 0.29) is 0 Å². The lowest BCUT2D eigenvalue weighted by Crippen LogP contribution is -2.31. The lowest BCUT2D eigenvalue weighted by atomic mass is 9.76. The van der Waals surface area contributed by atoms with Gasteiger partial charge in [0.15, 0.2) is 0 Å². The number of aryl methyl sites for hydroxylation is 2. The summed E-state index contributed by atoms with van der Waals surface area (Å²) in [4.78, 5) is 1.32. The molecule has 19 heavy (non-hydrogen) atoms. The van der Waals surface area contributed by atoms with E-state index in [4.69, 9.17) is 11.6 Å². The summed E-state index contributed by atoms with van der Waals surface area (Å²) in [7, 11) is 0. The highest BCUT2D eigenvalue weighted by Gasteiger charge is 2.36. The van der Waals surface area contributed by atoms with E-state index in [1.807, 2.05) is 12.1 Å². The van der Waals surface area contributed by atoms with Gasteiger partial charge in [-0.3, -0.25) is 0 Å². The zero-order valence-corrected chi connectivity index (χ0v) is 12.5. The first-order chi connectivity index (χ1) is 9.13. The maximum atomic E-state index is 11.2. The normalized spacial score (nSPS) is 22.3. The second-order valence-electron chi connectivity index (χ2n) is 5.17. The molecule has 3 rings (SSSR count). The Morgan fingerprint density at radius 2 is 2.21 bits per heavy atom. The Kier molecular flexibility index (Phi) is 3.42. The maximum absolute atomic E-state index is 11.2. The van der Waals surface area contributed by atoms with Crippen molar-refractivity contribution < 1.29 is 5.11 Å². The van der Waals surface area contributed by atoms with Gasteiger partial charge in [-0.05, 0) is 66.0 Å². The molecule has 100 valence electrons. The van der Waals surface area contributed by atoms with Crippen LogP contribution in [0.2, 0.25) is 5.02 Å². The van der Waals surface area contributed by atoms with Crippen LogP contribution in [0.25, 0.3) is 0 Å². The van der Waals surface area contributed by atoms with E-state index in [1.54, 1.807) is 11.3 Å². The highest BCUT2D eigenvalue weighted by atomic mass is 35.5. The summed E-state index contributed by atoms with van der Waals surface area (Å²) >= 11 is 7.84. The molecule has 1 aliphatic carbocycles. The van der Waals surface area contributed by atoms with E-state index in [0.29, 0.717) is 5.02 Å². The van der Waals surface area contributed by atoms with Crippen molar-refractivity contribution >= 4 is 22.9 Å². The number of thiophene rings is 1. The third-order valence-electron chi connectivity index (χ3n) is 3.98. The number of halogens is 1. The molecule has 0 saturated heterocycles. The molecular weight excluding hydrogens is 276 g/mol. The quantitative estimate of drug-likeness (QED) is 0.862. The van der Waals surface area contributed by atoms with Crippen molar-refractivity contribution in [2.75, 3.05) is 0 Å². The van der Waals surface area contributed by atoms with Crippen LogP contribution in [0.5, 0.6) is 0 Å². The topological polar surface area (TPSA) is 20.2 Å². The largest absolute Gasteiger partial charge is 0.380 e. The Labute approximate surface area is 122 Å². The monoisotopic (exact) mass is 292 g/mol. The van der Waals surface area contributed by atoms with Gasteiger partial charge in [0.05, 0.1) is 0 Å². The molecule has 1 aromatic carbocycles. The average Bonchev–Trinajstić information content (AvgIpc) is 2.89. The van der Waals surface area contributed by atoms with Gasteiger partial charge in [-0.15, -0.1) is 11.3 Å². The first-order valence-corrected chi connectivity index (χ1v) is 7.98. The Hall–Kier alpha value is -0.830. The van der Waals surface area contributed by atoms with Crippen LogP contribution in [0, 0.1) is 0 Å². The molecule has 1 aliphatic rings. The standard InChI is InChI=1S/C16H17ClOS/c1-2-14-8-12(10-19-14)16(18)7-3-4-11-5-6-13(17)9-15(11)16/h5-6,8-10,18H,2-4,7H2,1H3. The molecule has 0 aliphatic heterocycles. The summed E-state index contributed by atoms with van der Waals surface area (Å²) in [5.41, 5.74) is 2.38. The number of benzene rings is 1. The summed E-state index contributed by atoms with van der Waals surface area (Å²) in [5.74, 6) is 0. The van der Waals surface area contributed by atoms with Gasteiger partial charge in [-0.2, -0.15) is 0 Å². The fraction of sp³-hybridized carbons (Fsp3) is 0.375. The number of hydrogen-bond acceptors (Lipinski definition) is 2. The zero-order valence-electron chi connectivity index (χ0n) is 10.9. The van der Waals surface area contributed by atoms with Gasteiger partial charge in [0, 0.05) is 9.90 Å². The van der Waals surface area contributed by atoms with Gasteiger partial charge in [0.1, 0.15) is 5.60 Å². The maximum Gasteiger partial charge on any atom is 0.116 e. The van der Waals surface area contributed by atoms with Crippen LogP contribution in [-0.4, -0.2) is 5.11 Å². The molecule has 1 unspecified atom stereocenters. The van der Waals surface area contributed by atoms with E-state index in [2.05, 4.69) is 24.4 Å². The molecule has 0 spiro atoms. The van der Waals surface area contributed by atoms with Crippen molar-refractivity contribution in [3.8, 4) is 0 Å². The minimum Gasteiger partial charge on any atom is -0.380 e. The van der Waals surface area contributed by atoms with Crippen molar-refractivity contribution in [3.63, 3.8) is 0 Å². The van der Waals surface area contributed by atoms with Crippen molar-refractivity contribution in [1.29, 1.82) is 0 Å². The van der Waals surface area contributed by atoms with E-state index in [1.165, 1.54) is 10.4 Å². The zero-order chi connectivity index (χ0) is 13.5. The van der Waals surface area contributed by atoms with E-state index >= 15 is 0 Å². The van der Waals surface area contributed by atoms with E-state index in [0.717, 1.165) is 36.8 Å².